The van der Waals surface area contributed by atoms with Crippen LogP contribution in [0.4, 0.5) is 10.6 Å². The highest BCUT2D eigenvalue weighted by Gasteiger charge is 2.15. The first-order chi connectivity index (χ1) is 9.26. The minimum Gasteiger partial charge on any atom is -0.444 e. The molecule has 0 atom stereocenters. The molecule has 1 heterocycles. The number of ether oxygens (including phenoxy) is 1. The Morgan fingerprint density at radius 2 is 2.05 bits per heavy atom. The standard InChI is InChI=1S/C13H21ClN4O2/c1-9-8-10(18-11(14)17-9)15-6-5-7-16-12(19)20-13(2,3)4/h8H,5-7H2,1-4H3,(H,16,19)(H,15,17,18). The second-order valence-corrected chi connectivity index (χ2v) is 5.71. The van der Waals surface area contributed by atoms with Crippen LogP contribution in [0.3, 0.4) is 0 Å². The van der Waals surface area contributed by atoms with Crippen LogP contribution in [-0.4, -0.2) is 34.8 Å². The van der Waals surface area contributed by atoms with Gasteiger partial charge in [-0.25, -0.2) is 14.8 Å². The van der Waals surface area contributed by atoms with Crippen LogP contribution in [0.5, 0.6) is 0 Å². The maximum absolute atomic E-state index is 11.4. The molecule has 0 aliphatic rings. The van der Waals surface area contributed by atoms with E-state index in [-0.39, 0.29) is 5.28 Å². The van der Waals surface area contributed by atoms with Crippen molar-refractivity contribution in [1.82, 2.24) is 15.3 Å². The van der Waals surface area contributed by atoms with Crippen molar-refractivity contribution in [2.24, 2.45) is 0 Å². The van der Waals surface area contributed by atoms with E-state index in [4.69, 9.17) is 16.3 Å². The molecule has 112 valence electrons. The number of aryl methyl sites for hydroxylation is 1. The molecule has 6 nitrogen and oxygen atoms in total. The van der Waals surface area contributed by atoms with Crippen LogP contribution in [-0.2, 0) is 4.74 Å². The van der Waals surface area contributed by atoms with Gasteiger partial charge in [0.15, 0.2) is 0 Å². The zero-order chi connectivity index (χ0) is 15.2. The summed E-state index contributed by atoms with van der Waals surface area (Å²) in [5.74, 6) is 0.680. The first kappa shape index (κ1) is 16.5. The molecule has 1 aromatic rings. The minimum absolute atomic E-state index is 0.222. The Balaban J connectivity index is 2.20. The van der Waals surface area contributed by atoms with Crippen molar-refractivity contribution in [2.75, 3.05) is 18.4 Å². The first-order valence-corrected chi connectivity index (χ1v) is 6.86. The molecule has 0 aliphatic heterocycles. The van der Waals surface area contributed by atoms with Crippen molar-refractivity contribution >= 4 is 23.5 Å². The van der Waals surface area contributed by atoms with Gasteiger partial charge in [-0.05, 0) is 45.7 Å². The van der Waals surface area contributed by atoms with E-state index in [1.54, 1.807) is 0 Å². The first-order valence-electron chi connectivity index (χ1n) is 6.48. The van der Waals surface area contributed by atoms with Crippen LogP contribution >= 0.6 is 11.6 Å². The number of nitrogens with zero attached hydrogens (tertiary/aromatic N) is 2. The largest absolute Gasteiger partial charge is 0.444 e. The second kappa shape index (κ2) is 7.28. The summed E-state index contributed by atoms with van der Waals surface area (Å²) in [6.07, 6.45) is 0.346. The molecule has 20 heavy (non-hydrogen) atoms. The summed E-state index contributed by atoms with van der Waals surface area (Å²) in [4.78, 5) is 19.4. The lowest BCUT2D eigenvalue weighted by atomic mass is 10.2. The molecule has 0 saturated heterocycles. The summed E-state index contributed by atoms with van der Waals surface area (Å²) >= 11 is 5.76. The summed E-state index contributed by atoms with van der Waals surface area (Å²) < 4.78 is 5.13. The zero-order valence-corrected chi connectivity index (χ0v) is 13.0. The van der Waals surface area contributed by atoms with Crippen molar-refractivity contribution in [3.05, 3.63) is 17.0 Å². The normalized spacial score (nSPS) is 11.1. The highest BCUT2D eigenvalue weighted by molar-refractivity contribution is 6.28. The van der Waals surface area contributed by atoms with Gasteiger partial charge in [0.1, 0.15) is 11.4 Å². The topological polar surface area (TPSA) is 76.1 Å². The summed E-state index contributed by atoms with van der Waals surface area (Å²) in [5.41, 5.74) is 0.330. The van der Waals surface area contributed by atoms with Crippen molar-refractivity contribution < 1.29 is 9.53 Å². The monoisotopic (exact) mass is 300 g/mol. The highest BCUT2D eigenvalue weighted by Crippen LogP contribution is 2.09. The lowest BCUT2D eigenvalue weighted by Gasteiger charge is -2.19. The molecule has 0 unspecified atom stereocenters. The van der Waals surface area contributed by atoms with Gasteiger partial charge in [-0.15, -0.1) is 0 Å². The van der Waals surface area contributed by atoms with E-state index in [0.717, 1.165) is 12.1 Å². The van der Waals surface area contributed by atoms with Gasteiger partial charge in [-0.2, -0.15) is 0 Å². The van der Waals surface area contributed by atoms with Crippen LogP contribution in [0.15, 0.2) is 6.07 Å². The second-order valence-electron chi connectivity index (χ2n) is 5.37. The summed E-state index contributed by atoms with van der Waals surface area (Å²) in [5, 5.41) is 6.03. The molecule has 0 saturated carbocycles. The molecule has 0 aromatic carbocycles. The van der Waals surface area contributed by atoms with E-state index in [1.165, 1.54) is 0 Å². The Morgan fingerprint density at radius 1 is 1.35 bits per heavy atom. The quantitative estimate of drug-likeness (QED) is 0.646. The molecule has 2 N–H and O–H groups in total. The van der Waals surface area contributed by atoms with Crippen molar-refractivity contribution in [1.29, 1.82) is 0 Å². The van der Waals surface area contributed by atoms with Crippen LogP contribution in [0.1, 0.15) is 32.9 Å². The molecule has 1 rings (SSSR count). The van der Waals surface area contributed by atoms with Gasteiger partial charge in [-0.1, -0.05) is 0 Å². The predicted octanol–water partition coefficient (Wildman–Crippen LogP) is 2.77. The third-order valence-electron chi connectivity index (χ3n) is 2.15. The Bertz CT molecular complexity index is 440. The summed E-state index contributed by atoms with van der Waals surface area (Å²) in [6, 6.07) is 1.81. The fourth-order valence-electron chi connectivity index (χ4n) is 1.43. The number of nitrogens with one attached hydrogen (secondary N) is 2. The van der Waals surface area contributed by atoms with Gasteiger partial charge in [0.25, 0.3) is 0 Å². The van der Waals surface area contributed by atoms with Crippen LogP contribution in [0.2, 0.25) is 5.28 Å². The third-order valence-corrected chi connectivity index (χ3v) is 2.32. The van der Waals surface area contributed by atoms with E-state index in [0.29, 0.717) is 18.9 Å². The van der Waals surface area contributed by atoms with E-state index in [9.17, 15) is 4.79 Å². The molecule has 0 aliphatic carbocycles. The molecular formula is C13H21ClN4O2. The molecule has 0 bridgehead atoms. The van der Waals surface area contributed by atoms with E-state index in [2.05, 4.69) is 20.6 Å². The number of alkyl carbamates (subject to hydrolysis) is 1. The molecule has 1 aromatic heterocycles. The number of anilines is 1. The molecule has 0 fully saturated rings. The highest BCUT2D eigenvalue weighted by atomic mass is 35.5. The lowest BCUT2D eigenvalue weighted by molar-refractivity contribution is 0.0528. The fourth-order valence-corrected chi connectivity index (χ4v) is 1.66. The fraction of sp³-hybridized carbons (Fsp3) is 0.615. The molecule has 0 radical (unpaired) electrons. The number of aromatic nitrogens is 2. The number of amides is 1. The number of rotatable bonds is 5. The maximum Gasteiger partial charge on any atom is 0.407 e. The van der Waals surface area contributed by atoms with E-state index >= 15 is 0 Å². The van der Waals surface area contributed by atoms with Crippen molar-refractivity contribution in [2.45, 2.75) is 39.7 Å². The summed E-state index contributed by atoms with van der Waals surface area (Å²) in [6.45, 7) is 8.53. The van der Waals surface area contributed by atoms with E-state index in [1.807, 2.05) is 33.8 Å². The molecular weight excluding hydrogens is 280 g/mol. The SMILES string of the molecule is Cc1cc(NCCCNC(=O)OC(C)(C)C)nc(Cl)n1. The number of carbonyl (C=O) groups excluding carboxylic acids is 1. The maximum atomic E-state index is 11.4. The van der Waals surface area contributed by atoms with Crippen molar-refractivity contribution in [3.8, 4) is 0 Å². The van der Waals surface area contributed by atoms with Gasteiger partial charge >= 0.3 is 6.09 Å². The number of halogens is 1. The zero-order valence-electron chi connectivity index (χ0n) is 12.3. The van der Waals surface area contributed by atoms with Gasteiger partial charge in [0, 0.05) is 24.8 Å². The Hall–Kier alpha value is -1.56. The Morgan fingerprint density at radius 3 is 2.65 bits per heavy atom. The Kier molecular flexibility index (Phi) is 6.01. The number of hydrogen-bond acceptors (Lipinski definition) is 5. The van der Waals surface area contributed by atoms with Gasteiger partial charge < -0.3 is 15.4 Å². The van der Waals surface area contributed by atoms with Crippen LogP contribution in [0, 0.1) is 6.92 Å². The average Bonchev–Trinajstić information content (AvgIpc) is 2.24. The average molecular weight is 301 g/mol. The molecule has 0 spiro atoms. The third kappa shape index (κ3) is 7.13. The smallest absolute Gasteiger partial charge is 0.407 e. The van der Waals surface area contributed by atoms with Gasteiger partial charge in [-0.3, -0.25) is 0 Å². The molecule has 1 amide bonds. The minimum atomic E-state index is -0.475. The predicted molar refractivity (Wildman–Crippen MR) is 79.1 cm³/mol. The van der Waals surface area contributed by atoms with Crippen molar-refractivity contribution in [3.63, 3.8) is 0 Å². The Labute approximate surface area is 124 Å². The molecule has 7 heteroatoms. The van der Waals surface area contributed by atoms with Crippen LogP contribution in [0.25, 0.3) is 0 Å². The van der Waals surface area contributed by atoms with E-state index < -0.39 is 11.7 Å². The number of hydrogen-bond donors (Lipinski definition) is 2. The summed E-state index contributed by atoms with van der Waals surface area (Å²) in [7, 11) is 0. The number of carbonyl (C=O) groups is 1. The van der Waals surface area contributed by atoms with Gasteiger partial charge in [0.2, 0.25) is 5.28 Å². The van der Waals surface area contributed by atoms with Gasteiger partial charge in [0.05, 0.1) is 0 Å². The van der Waals surface area contributed by atoms with Crippen LogP contribution < -0.4 is 10.6 Å². The lowest BCUT2D eigenvalue weighted by Crippen LogP contribution is -2.33.